The van der Waals surface area contributed by atoms with Crippen LogP contribution < -0.4 is 5.84 Å². The summed E-state index contributed by atoms with van der Waals surface area (Å²) in [7, 11) is 0. The van der Waals surface area contributed by atoms with E-state index in [9.17, 15) is 4.79 Å². The Hall–Kier alpha value is -2.02. The molecule has 1 aromatic heterocycles. The average molecular weight is 374 g/mol. The highest BCUT2D eigenvalue weighted by molar-refractivity contribution is 8.00. The van der Waals surface area contributed by atoms with Gasteiger partial charge < -0.3 is 10.7 Å². The average Bonchev–Trinajstić information content (AvgIpc) is 3.24. The van der Waals surface area contributed by atoms with Gasteiger partial charge in [0.2, 0.25) is 11.1 Å². The van der Waals surface area contributed by atoms with Crippen LogP contribution >= 0.6 is 11.8 Å². The van der Waals surface area contributed by atoms with E-state index in [1.54, 1.807) is 0 Å². The number of nitrogens with two attached hydrogens (primary N) is 1. The number of aromatic nitrogens is 3. The van der Waals surface area contributed by atoms with Crippen molar-refractivity contribution in [3.8, 4) is 11.4 Å². The van der Waals surface area contributed by atoms with Crippen LogP contribution in [0.2, 0.25) is 0 Å². The number of thioether (sulfide) groups is 1. The molecular formula is C19H27N5OS. The van der Waals surface area contributed by atoms with E-state index in [0.717, 1.165) is 31.5 Å². The molecule has 1 aliphatic rings. The first-order chi connectivity index (χ1) is 12.3. The maximum Gasteiger partial charge on any atom is 0.235 e. The lowest BCUT2D eigenvalue weighted by Crippen LogP contribution is -2.34. The molecule has 2 N–H and O–H groups in total. The number of nitrogens with zero attached hydrogens (tertiary/aromatic N) is 4. The Morgan fingerprint density at radius 1 is 1.15 bits per heavy atom. The summed E-state index contributed by atoms with van der Waals surface area (Å²) in [6.07, 6.45) is 2.18. The van der Waals surface area contributed by atoms with Gasteiger partial charge in [-0.2, -0.15) is 0 Å². The molecule has 26 heavy (non-hydrogen) atoms. The van der Waals surface area contributed by atoms with Crippen LogP contribution in [0.15, 0.2) is 29.4 Å². The van der Waals surface area contributed by atoms with Gasteiger partial charge in [-0.15, -0.1) is 10.2 Å². The zero-order valence-corrected chi connectivity index (χ0v) is 16.7. The minimum Gasteiger partial charge on any atom is -0.342 e. The summed E-state index contributed by atoms with van der Waals surface area (Å²) in [5, 5.41) is 8.75. The lowest BCUT2D eigenvalue weighted by molar-refractivity contribution is -0.129. The smallest absolute Gasteiger partial charge is 0.235 e. The number of hydrogen-bond acceptors (Lipinski definition) is 5. The number of benzene rings is 1. The quantitative estimate of drug-likeness (QED) is 0.658. The van der Waals surface area contributed by atoms with Crippen molar-refractivity contribution in [2.24, 2.45) is 0 Å². The largest absolute Gasteiger partial charge is 0.342 e. The van der Waals surface area contributed by atoms with Gasteiger partial charge in [-0.25, -0.2) is 4.68 Å². The topological polar surface area (TPSA) is 77.0 Å². The molecule has 2 aromatic rings. The Bertz CT molecular complexity index is 772. The van der Waals surface area contributed by atoms with Gasteiger partial charge in [-0.05, 0) is 30.7 Å². The lowest BCUT2D eigenvalue weighted by Gasteiger charge is -2.19. The van der Waals surface area contributed by atoms with Crippen molar-refractivity contribution in [3.63, 3.8) is 0 Å². The maximum absolute atomic E-state index is 12.5. The van der Waals surface area contributed by atoms with Crippen molar-refractivity contribution in [1.82, 2.24) is 19.8 Å². The molecule has 0 radical (unpaired) electrons. The highest BCUT2D eigenvalue weighted by Gasteiger charge is 2.26. The van der Waals surface area contributed by atoms with Crippen molar-refractivity contribution >= 4 is 17.7 Å². The molecular weight excluding hydrogens is 346 g/mol. The SMILES string of the molecule is C[C@@H](Sc1nnc(-c2ccc(C(C)(C)C)cc2)n1N)C(=O)N1CCCC1. The molecule has 3 rings (SSSR count). The van der Waals surface area contributed by atoms with E-state index in [-0.39, 0.29) is 16.6 Å². The predicted octanol–water partition coefficient (Wildman–Crippen LogP) is 3.06. The fraction of sp³-hybridized carbons (Fsp3) is 0.526. The van der Waals surface area contributed by atoms with Crippen molar-refractivity contribution in [1.29, 1.82) is 0 Å². The molecule has 0 saturated carbocycles. The van der Waals surface area contributed by atoms with Crippen LogP contribution in [0.4, 0.5) is 0 Å². The standard InChI is InChI=1S/C19H27N5OS/c1-13(17(25)23-11-5-6-12-23)26-18-22-21-16(24(18)20)14-7-9-15(10-8-14)19(2,3)4/h7-10,13H,5-6,11-12,20H2,1-4H3/t13-/m1/s1. The Kier molecular flexibility index (Phi) is 5.27. The summed E-state index contributed by atoms with van der Waals surface area (Å²) in [5.41, 5.74) is 2.27. The van der Waals surface area contributed by atoms with Crippen molar-refractivity contribution in [3.05, 3.63) is 29.8 Å². The van der Waals surface area contributed by atoms with E-state index in [1.807, 2.05) is 24.0 Å². The molecule has 1 aliphatic heterocycles. The van der Waals surface area contributed by atoms with Gasteiger partial charge in [0.25, 0.3) is 0 Å². The van der Waals surface area contributed by atoms with Crippen LogP contribution in [0.3, 0.4) is 0 Å². The maximum atomic E-state index is 12.5. The van der Waals surface area contributed by atoms with Crippen LogP contribution in [-0.4, -0.2) is 44.0 Å². The zero-order chi connectivity index (χ0) is 18.9. The number of rotatable bonds is 4. The number of nitrogen functional groups attached to an aromatic ring is 1. The molecule has 140 valence electrons. The molecule has 1 amide bonds. The molecule has 1 aromatic carbocycles. The molecule has 2 heterocycles. The highest BCUT2D eigenvalue weighted by Crippen LogP contribution is 2.28. The Morgan fingerprint density at radius 3 is 2.35 bits per heavy atom. The second kappa shape index (κ2) is 7.31. The fourth-order valence-electron chi connectivity index (χ4n) is 3.08. The van der Waals surface area contributed by atoms with Gasteiger partial charge in [0.15, 0.2) is 5.82 Å². The van der Waals surface area contributed by atoms with Gasteiger partial charge in [0.05, 0.1) is 5.25 Å². The summed E-state index contributed by atoms with van der Waals surface area (Å²) in [6.45, 7) is 10.1. The summed E-state index contributed by atoms with van der Waals surface area (Å²) in [4.78, 5) is 14.4. The molecule has 0 aliphatic carbocycles. The third-order valence-corrected chi connectivity index (χ3v) is 5.77. The fourth-order valence-corrected chi connectivity index (χ4v) is 3.93. The first-order valence-corrected chi connectivity index (χ1v) is 9.92. The predicted molar refractivity (Wildman–Crippen MR) is 105 cm³/mol. The summed E-state index contributed by atoms with van der Waals surface area (Å²) in [5.74, 6) is 6.96. The van der Waals surface area contributed by atoms with Crippen molar-refractivity contribution in [2.75, 3.05) is 18.9 Å². The molecule has 0 unspecified atom stereocenters. The Labute approximate surface area is 159 Å². The van der Waals surface area contributed by atoms with E-state index in [0.29, 0.717) is 11.0 Å². The first kappa shape index (κ1) is 18.8. The van der Waals surface area contributed by atoms with E-state index in [2.05, 4.69) is 43.1 Å². The van der Waals surface area contributed by atoms with Crippen LogP contribution in [0, 0.1) is 0 Å². The lowest BCUT2D eigenvalue weighted by atomic mass is 9.87. The first-order valence-electron chi connectivity index (χ1n) is 9.04. The minimum absolute atomic E-state index is 0.0985. The normalized spacial score (nSPS) is 16.1. The summed E-state index contributed by atoms with van der Waals surface area (Å²) >= 11 is 1.36. The zero-order valence-electron chi connectivity index (χ0n) is 15.9. The monoisotopic (exact) mass is 373 g/mol. The molecule has 7 heteroatoms. The number of hydrogen-bond donors (Lipinski definition) is 1. The van der Waals surface area contributed by atoms with Crippen molar-refractivity contribution < 1.29 is 4.79 Å². The van der Waals surface area contributed by atoms with Gasteiger partial charge >= 0.3 is 0 Å². The molecule has 1 atom stereocenters. The molecule has 6 nitrogen and oxygen atoms in total. The Morgan fingerprint density at radius 2 is 1.77 bits per heavy atom. The number of carbonyl (C=O) groups excluding carboxylic acids is 1. The third kappa shape index (κ3) is 3.87. The molecule has 1 fully saturated rings. The van der Waals surface area contributed by atoms with Gasteiger partial charge in [-0.3, -0.25) is 4.79 Å². The molecule has 0 spiro atoms. The van der Waals surface area contributed by atoms with E-state index in [4.69, 9.17) is 5.84 Å². The van der Waals surface area contributed by atoms with Crippen LogP contribution in [-0.2, 0) is 10.2 Å². The summed E-state index contributed by atoms with van der Waals surface area (Å²) < 4.78 is 1.48. The van der Waals surface area contributed by atoms with E-state index < -0.39 is 0 Å². The van der Waals surface area contributed by atoms with Crippen LogP contribution in [0.5, 0.6) is 0 Å². The van der Waals surface area contributed by atoms with Gasteiger partial charge in [0, 0.05) is 18.7 Å². The van der Waals surface area contributed by atoms with E-state index in [1.165, 1.54) is 22.0 Å². The Balaban J connectivity index is 1.74. The number of amides is 1. The van der Waals surface area contributed by atoms with Crippen LogP contribution in [0.25, 0.3) is 11.4 Å². The molecule has 0 bridgehead atoms. The third-order valence-electron chi connectivity index (χ3n) is 4.72. The second-order valence-electron chi connectivity index (χ2n) is 7.80. The van der Waals surface area contributed by atoms with Crippen LogP contribution in [0.1, 0.15) is 46.1 Å². The minimum atomic E-state index is -0.226. The van der Waals surface area contributed by atoms with E-state index >= 15 is 0 Å². The van der Waals surface area contributed by atoms with Gasteiger partial charge in [0.1, 0.15) is 0 Å². The highest BCUT2D eigenvalue weighted by atomic mass is 32.2. The van der Waals surface area contributed by atoms with Crippen molar-refractivity contribution in [2.45, 2.75) is 56.4 Å². The number of likely N-dealkylation sites (tertiary alicyclic amines) is 1. The second-order valence-corrected chi connectivity index (χ2v) is 9.10. The molecule has 1 saturated heterocycles. The number of carbonyl (C=O) groups is 1. The summed E-state index contributed by atoms with van der Waals surface area (Å²) in [6, 6.07) is 8.22. The van der Waals surface area contributed by atoms with Gasteiger partial charge in [-0.1, -0.05) is 56.8 Å².